The van der Waals surface area contributed by atoms with Gasteiger partial charge in [0.25, 0.3) is 5.91 Å². The molecule has 0 unspecified atom stereocenters. The average molecular weight is 536 g/mol. The summed E-state index contributed by atoms with van der Waals surface area (Å²) in [5.41, 5.74) is 7.75. The van der Waals surface area contributed by atoms with Crippen molar-refractivity contribution < 1.29 is 19.0 Å². The number of carbonyl (C=O) groups is 1. The van der Waals surface area contributed by atoms with Gasteiger partial charge < -0.3 is 24.1 Å². The standard InChI is InChI=1S/C33H33N3O4/c1-4-40-27-16-10-23(11-17-27)30-28-7-5-6-20-35-29(22-8-14-25(38-2)15-9-22)21-36(33(28)35)31(30)32(37)34-24-12-18-26(39-3)19-13-24/h8-19,21H,4-7,20H2,1-3H3,(H,34,37). The summed E-state index contributed by atoms with van der Waals surface area (Å²) in [6, 6.07) is 23.6. The second kappa shape index (κ2) is 10.8. The largest absolute Gasteiger partial charge is 0.497 e. The predicted octanol–water partition coefficient (Wildman–Crippen LogP) is 7.08. The molecule has 1 N–H and O–H groups in total. The third kappa shape index (κ3) is 4.57. The average Bonchev–Trinajstić information content (AvgIpc) is 3.41. The number of aromatic nitrogens is 2. The van der Waals surface area contributed by atoms with Gasteiger partial charge in [-0.25, -0.2) is 0 Å². The highest BCUT2D eigenvalue weighted by Crippen LogP contribution is 2.40. The van der Waals surface area contributed by atoms with Crippen LogP contribution in [-0.4, -0.2) is 35.7 Å². The molecule has 0 spiro atoms. The van der Waals surface area contributed by atoms with Crippen molar-refractivity contribution in [3.63, 3.8) is 0 Å². The molecule has 204 valence electrons. The number of nitrogens with one attached hydrogen (secondary N) is 1. The third-order valence-corrected chi connectivity index (χ3v) is 7.54. The Kier molecular flexibility index (Phi) is 6.95. The molecule has 7 heteroatoms. The van der Waals surface area contributed by atoms with Crippen molar-refractivity contribution in [1.82, 2.24) is 8.97 Å². The first-order chi connectivity index (χ1) is 19.6. The number of nitrogens with zero attached hydrogens (tertiary/aromatic N) is 2. The Bertz CT molecular complexity index is 1650. The molecular weight excluding hydrogens is 502 g/mol. The van der Waals surface area contributed by atoms with Gasteiger partial charge in [-0.1, -0.05) is 12.1 Å². The van der Waals surface area contributed by atoms with E-state index in [0.29, 0.717) is 18.0 Å². The van der Waals surface area contributed by atoms with E-state index in [2.05, 4.69) is 44.7 Å². The number of hydrogen-bond acceptors (Lipinski definition) is 4. The van der Waals surface area contributed by atoms with E-state index < -0.39 is 0 Å². The minimum absolute atomic E-state index is 0.158. The summed E-state index contributed by atoms with van der Waals surface area (Å²) in [4.78, 5) is 14.1. The Morgan fingerprint density at radius 3 is 2.10 bits per heavy atom. The Morgan fingerprint density at radius 1 is 0.825 bits per heavy atom. The maximum absolute atomic E-state index is 14.1. The molecule has 6 rings (SSSR count). The normalized spacial score (nSPS) is 12.7. The zero-order valence-corrected chi connectivity index (χ0v) is 23.1. The lowest BCUT2D eigenvalue weighted by atomic mass is 9.97. The van der Waals surface area contributed by atoms with Gasteiger partial charge in [0, 0.05) is 29.6 Å². The van der Waals surface area contributed by atoms with Crippen molar-refractivity contribution in [3.8, 4) is 39.6 Å². The first-order valence-electron chi connectivity index (χ1n) is 13.7. The molecular formula is C33H33N3O4. The monoisotopic (exact) mass is 535 g/mol. The van der Waals surface area contributed by atoms with Crippen molar-refractivity contribution in [2.45, 2.75) is 32.7 Å². The van der Waals surface area contributed by atoms with Gasteiger partial charge in [0.05, 0.1) is 26.5 Å². The minimum atomic E-state index is -0.158. The molecule has 0 atom stereocenters. The summed E-state index contributed by atoms with van der Waals surface area (Å²) in [6.45, 7) is 3.47. The summed E-state index contributed by atoms with van der Waals surface area (Å²) >= 11 is 0. The second-order valence-corrected chi connectivity index (χ2v) is 9.89. The maximum atomic E-state index is 14.1. The fourth-order valence-electron chi connectivity index (χ4n) is 5.66. The van der Waals surface area contributed by atoms with Crippen LogP contribution >= 0.6 is 0 Å². The molecule has 3 aromatic carbocycles. The van der Waals surface area contributed by atoms with Gasteiger partial charge in [-0.2, -0.15) is 0 Å². The Balaban J connectivity index is 1.54. The van der Waals surface area contributed by atoms with Crippen LogP contribution in [0, 0.1) is 0 Å². The molecule has 0 saturated carbocycles. The van der Waals surface area contributed by atoms with E-state index in [-0.39, 0.29) is 5.91 Å². The number of rotatable bonds is 8. The number of imidazole rings is 1. The van der Waals surface area contributed by atoms with Gasteiger partial charge in [0.2, 0.25) is 0 Å². The van der Waals surface area contributed by atoms with Crippen molar-refractivity contribution >= 4 is 17.2 Å². The SMILES string of the molecule is CCOc1ccc(-c2c3c4n(c(-c5ccc(OC)cc5)cn4c2C(=O)Nc2ccc(OC)cc2)CCCC3)cc1. The number of carbonyl (C=O) groups excluding carboxylic acids is 1. The first-order valence-corrected chi connectivity index (χ1v) is 13.7. The van der Waals surface area contributed by atoms with E-state index in [0.717, 1.165) is 71.1 Å². The molecule has 0 radical (unpaired) electrons. The van der Waals surface area contributed by atoms with E-state index in [1.165, 1.54) is 5.56 Å². The number of benzene rings is 3. The number of hydrogen-bond donors (Lipinski definition) is 1. The lowest BCUT2D eigenvalue weighted by molar-refractivity contribution is 0.102. The molecule has 2 aromatic heterocycles. The van der Waals surface area contributed by atoms with E-state index in [9.17, 15) is 4.79 Å². The maximum Gasteiger partial charge on any atom is 0.273 e. The van der Waals surface area contributed by atoms with Crippen LogP contribution in [0.1, 0.15) is 35.8 Å². The number of methoxy groups -OCH3 is 2. The topological polar surface area (TPSA) is 66.1 Å². The zero-order chi connectivity index (χ0) is 27.6. The quantitative estimate of drug-likeness (QED) is 0.231. The summed E-state index contributed by atoms with van der Waals surface area (Å²) < 4.78 is 20.8. The molecule has 0 fully saturated rings. The molecule has 7 nitrogen and oxygen atoms in total. The summed E-state index contributed by atoms with van der Waals surface area (Å²) in [6.07, 6.45) is 5.12. The summed E-state index contributed by atoms with van der Waals surface area (Å²) in [5.74, 6) is 2.21. The van der Waals surface area contributed by atoms with Crippen molar-refractivity contribution in [2.24, 2.45) is 0 Å². The highest BCUT2D eigenvalue weighted by Gasteiger charge is 2.29. The van der Waals surface area contributed by atoms with Crippen molar-refractivity contribution in [3.05, 3.63) is 90.3 Å². The van der Waals surface area contributed by atoms with E-state index in [1.54, 1.807) is 14.2 Å². The van der Waals surface area contributed by atoms with Crippen LogP contribution in [0.3, 0.4) is 0 Å². The van der Waals surface area contributed by atoms with Gasteiger partial charge in [0.15, 0.2) is 0 Å². The zero-order valence-electron chi connectivity index (χ0n) is 23.1. The minimum Gasteiger partial charge on any atom is -0.497 e. The fourth-order valence-corrected chi connectivity index (χ4v) is 5.66. The van der Waals surface area contributed by atoms with Gasteiger partial charge in [0.1, 0.15) is 28.6 Å². The van der Waals surface area contributed by atoms with Gasteiger partial charge in [-0.15, -0.1) is 0 Å². The van der Waals surface area contributed by atoms with Crippen molar-refractivity contribution in [2.75, 3.05) is 26.1 Å². The predicted molar refractivity (Wildman–Crippen MR) is 158 cm³/mol. The van der Waals surface area contributed by atoms with E-state index in [1.807, 2.05) is 55.5 Å². The van der Waals surface area contributed by atoms with Crippen LogP contribution < -0.4 is 19.5 Å². The molecule has 0 bridgehead atoms. The Labute approximate surface area is 233 Å². The number of anilines is 1. The number of amides is 1. The van der Waals surface area contributed by atoms with E-state index in [4.69, 9.17) is 14.2 Å². The molecule has 40 heavy (non-hydrogen) atoms. The van der Waals surface area contributed by atoms with Gasteiger partial charge >= 0.3 is 0 Å². The lowest BCUT2D eigenvalue weighted by Gasteiger charge is -2.11. The highest BCUT2D eigenvalue weighted by atomic mass is 16.5. The second-order valence-electron chi connectivity index (χ2n) is 9.89. The van der Waals surface area contributed by atoms with Crippen molar-refractivity contribution in [1.29, 1.82) is 0 Å². The molecule has 1 amide bonds. The van der Waals surface area contributed by atoms with Crippen LogP contribution in [0.5, 0.6) is 17.2 Å². The lowest BCUT2D eigenvalue weighted by Crippen LogP contribution is -2.15. The summed E-state index contributed by atoms with van der Waals surface area (Å²) in [5, 5.41) is 3.13. The van der Waals surface area contributed by atoms with Crippen LogP contribution in [0.2, 0.25) is 0 Å². The molecule has 0 aliphatic carbocycles. The van der Waals surface area contributed by atoms with Crippen LogP contribution in [0.25, 0.3) is 28.0 Å². The smallest absolute Gasteiger partial charge is 0.273 e. The molecule has 0 saturated heterocycles. The van der Waals surface area contributed by atoms with Gasteiger partial charge in [-0.05, 0) is 98.0 Å². The van der Waals surface area contributed by atoms with Crippen LogP contribution in [-0.2, 0) is 13.0 Å². The first kappa shape index (κ1) is 25.6. The number of aryl methyl sites for hydroxylation is 2. The van der Waals surface area contributed by atoms with E-state index >= 15 is 0 Å². The third-order valence-electron chi connectivity index (χ3n) is 7.54. The van der Waals surface area contributed by atoms with Gasteiger partial charge in [-0.3, -0.25) is 9.20 Å². The highest BCUT2D eigenvalue weighted by molar-refractivity contribution is 6.10. The molecule has 5 aromatic rings. The Hall–Kier alpha value is -4.65. The van der Waals surface area contributed by atoms with Crippen LogP contribution in [0.4, 0.5) is 5.69 Å². The molecule has 1 aliphatic rings. The Morgan fingerprint density at radius 2 is 1.45 bits per heavy atom. The molecule has 1 aliphatic heterocycles. The van der Waals surface area contributed by atoms with Crippen LogP contribution in [0.15, 0.2) is 79.0 Å². The fraction of sp³-hybridized carbons (Fsp3) is 0.242. The molecule has 3 heterocycles. The number of ether oxygens (including phenoxy) is 3. The summed E-state index contributed by atoms with van der Waals surface area (Å²) in [7, 11) is 3.30.